The van der Waals surface area contributed by atoms with Gasteiger partial charge in [-0.1, -0.05) is 18.2 Å². The summed E-state index contributed by atoms with van der Waals surface area (Å²) in [5.74, 6) is -0.533. The molecule has 6 heteroatoms. The van der Waals surface area contributed by atoms with Crippen LogP contribution in [0.1, 0.15) is 12.0 Å². The maximum absolute atomic E-state index is 14.1. The van der Waals surface area contributed by atoms with E-state index in [1.54, 1.807) is 36.4 Å². The number of nitrogens with zero attached hydrogens (tertiary/aromatic N) is 1. The first kappa shape index (κ1) is 16.0. The van der Waals surface area contributed by atoms with Crippen molar-refractivity contribution in [3.63, 3.8) is 0 Å². The first-order valence-corrected chi connectivity index (χ1v) is 7.60. The van der Waals surface area contributed by atoms with Crippen molar-refractivity contribution in [3.05, 3.63) is 53.8 Å². The Hall–Kier alpha value is -2.89. The highest BCUT2D eigenvalue weighted by Gasteiger charge is 2.28. The number of carbonyl (C=O) groups excluding carboxylic acids is 2. The lowest BCUT2D eigenvalue weighted by Crippen LogP contribution is -2.41. The molecule has 1 heterocycles. The van der Waals surface area contributed by atoms with Crippen LogP contribution in [0.25, 0.3) is 0 Å². The molecule has 0 saturated heterocycles. The number of anilines is 2. The average molecular weight is 328 g/mol. The fraction of sp³-hybridized carbons (Fsp3) is 0.222. The van der Waals surface area contributed by atoms with Crippen LogP contribution in [0.2, 0.25) is 0 Å². The van der Waals surface area contributed by atoms with Gasteiger partial charge in [0.05, 0.1) is 12.8 Å². The zero-order chi connectivity index (χ0) is 17.1. The number of halogens is 1. The molecule has 0 unspecified atom stereocenters. The summed E-state index contributed by atoms with van der Waals surface area (Å²) in [5.41, 5.74) is 1.50. The fourth-order valence-corrected chi connectivity index (χ4v) is 2.78. The summed E-state index contributed by atoms with van der Waals surface area (Å²) in [6.45, 7) is -0.232. The number of hydrogen-bond acceptors (Lipinski definition) is 3. The molecule has 0 atom stereocenters. The van der Waals surface area contributed by atoms with Crippen molar-refractivity contribution in [2.75, 3.05) is 23.9 Å². The second-order valence-corrected chi connectivity index (χ2v) is 5.51. The van der Waals surface area contributed by atoms with Crippen molar-refractivity contribution >= 4 is 23.2 Å². The van der Waals surface area contributed by atoms with E-state index in [1.807, 2.05) is 0 Å². The number of fused-ring (bicyclic) bond motifs is 1. The number of ether oxygens (including phenoxy) is 1. The number of benzene rings is 2. The Morgan fingerprint density at radius 2 is 2.04 bits per heavy atom. The maximum Gasteiger partial charge on any atom is 0.244 e. The summed E-state index contributed by atoms with van der Waals surface area (Å²) in [4.78, 5) is 25.6. The molecule has 2 amide bonds. The molecule has 0 spiro atoms. The molecule has 0 fully saturated rings. The van der Waals surface area contributed by atoms with Crippen LogP contribution in [0.5, 0.6) is 5.75 Å². The van der Waals surface area contributed by atoms with Crippen molar-refractivity contribution in [1.29, 1.82) is 0 Å². The Kier molecular flexibility index (Phi) is 4.46. The van der Waals surface area contributed by atoms with Crippen LogP contribution in [-0.2, 0) is 16.0 Å². The molecule has 3 rings (SSSR count). The average Bonchev–Trinajstić information content (AvgIpc) is 2.57. The second-order valence-electron chi connectivity index (χ2n) is 5.51. The highest BCUT2D eigenvalue weighted by molar-refractivity contribution is 6.04. The number of carbonyl (C=O) groups is 2. The molecule has 1 aliphatic heterocycles. The van der Waals surface area contributed by atoms with Gasteiger partial charge in [0.15, 0.2) is 0 Å². The number of methoxy groups -OCH3 is 1. The number of amides is 2. The third kappa shape index (κ3) is 3.22. The quantitative estimate of drug-likeness (QED) is 0.939. The van der Waals surface area contributed by atoms with E-state index in [9.17, 15) is 14.0 Å². The summed E-state index contributed by atoms with van der Waals surface area (Å²) in [6, 6.07) is 11.6. The predicted molar refractivity (Wildman–Crippen MR) is 88.7 cm³/mol. The van der Waals surface area contributed by atoms with Crippen LogP contribution in [0.3, 0.4) is 0 Å². The largest absolute Gasteiger partial charge is 0.497 e. The van der Waals surface area contributed by atoms with Gasteiger partial charge in [0.2, 0.25) is 11.8 Å². The third-order valence-electron chi connectivity index (χ3n) is 3.90. The van der Waals surface area contributed by atoms with E-state index in [0.717, 1.165) is 5.56 Å². The molecule has 5 nitrogen and oxygen atoms in total. The van der Waals surface area contributed by atoms with E-state index in [-0.39, 0.29) is 24.6 Å². The Morgan fingerprint density at radius 3 is 2.83 bits per heavy atom. The Balaban J connectivity index is 1.78. The van der Waals surface area contributed by atoms with Crippen LogP contribution in [0.4, 0.5) is 15.8 Å². The fourth-order valence-electron chi connectivity index (χ4n) is 2.78. The monoisotopic (exact) mass is 328 g/mol. The number of hydrogen-bond donors (Lipinski definition) is 1. The van der Waals surface area contributed by atoms with E-state index in [0.29, 0.717) is 17.9 Å². The van der Waals surface area contributed by atoms with Crippen LogP contribution in [0, 0.1) is 5.82 Å². The van der Waals surface area contributed by atoms with E-state index < -0.39 is 11.7 Å². The topological polar surface area (TPSA) is 58.6 Å². The molecule has 1 aliphatic rings. The lowest BCUT2D eigenvalue weighted by Gasteiger charge is -2.29. The molecule has 0 saturated carbocycles. The van der Waals surface area contributed by atoms with Crippen LogP contribution < -0.4 is 15.0 Å². The normalized spacial score (nSPS) is 13.4. The van der Waals surface area contributed by atoms with Crippen molar-refractivity contribution in [1.82, 2.24) is 0 Å². The number of nitrogens with one attached hydrogen (secondary N) is 1. The summed E-state index contributed by atoms with van der Waals surface area (Å²) >= 11 is 0. The molecular formula is C18H17FN2O3. The molecule has 0 bridgehead atoms. The minimum Gasteiger partial charge on any atom is -0.497 e. The van der Waals surface area contributed by atoms with Crippen LogP contribution >= 0.6 is 0 Å². The number of rotatable bonds is 4. The van der Waals surface area contributed by atoms with E-state index in [1.165, 1.54) is 18.1 Å². The van der Waals surface area contributed by atoms with Gasteiger partial charge in [0.25, 0.3) is 0 Å². The molecule has 124 valence electrons. The van der Waals surface area contributed by atoms with E-state index >= 15 is 0 Å². The van der Waals surface area contributed by atoms with Crippen molar-refractivity contribution in [2.45, 2.75) is 12.8 Å². The van der Waals surface area contributed by atoms with Crippen molar-refractivity contribution < 1.29 is 18.7 Å². The second kappa shape index (κ2) is 6.70. The van der Waals surface area contributed by atoms with Gasteiger partial charge in [-0.05, 0) is 30.2 Å². The molecule has 0 radical (unpaired) electrons. The van der Waals surface area contributed by atoms with Gasteiger partial charge in [0.1, 0.15) is 18.1 Å². The van der Waals surface area contributed by atoms with Gasteiger partial charge >= 0.3 is 0 Å². The van der Waals surface area contributed by atoms with Gasteiger partial charge in [-0.2, -0.15) is 0 Å². The number of para-hydroxylation sites is 1. The maximum atomic E-state index is 14.1. The zero-order valence-corrected chi connectivity index (χ0v) is 13.2. The van der Waals surface area contributed by atoms with Crippen LogP contribution in [-0.4, -0.2) is 25.5 Å². The van der Waals surface area contributed by atoms with Gasteiger partial charge in [-0.25, -0.2) is 4.39 Å². The Morgan fingerprint density at radius 1 is 1.25 bits per heavy atom. The lowest BCUT2D eigenvalue weighted by atomic mass is 10.0. The summed E-state index contributed by atoms with van der Waals surface area (Å²) in [7, 11) is 1.53. The minimum absolute atomic E-state index is 0.203. The van der Waals surface area contributed by atoms with Gasteiger partial charge < -0.3 is 10.1 Å². The van der Waals surface area contributed by atoms with Crippen molar-refractivity contribution in [3.8, 4) is 5.75 Å². The molecule has 2 aromatic carbocycles. The van der Waals surface area contributed by atoms with Crippen molar-refractivity contribution in [2.24, 2.45) is 0 Å². The first-order chi connectivity index (χ1) is 11.6. The molecular weight excluding hydrogens is 311 g/mol. The predicted octanol–water partition coefficient (Wildman–Crippen LogP) is 2.75. The molecule has 0 aromatic heterocycles. The third-order valence-corrected chi connectivity index (χ3v) is 3.90. The summed E-state index contributed by atoms with van der Waals surface area (Å²) in [5, 5.41) is 2.70. The summed E-state index contributed by atoms with van der Waals surface area (Å²) in [6.07, 6.45) is 0.753. The van der Waals surface area contributed by atoms with Gasteiger partial charge in [0, 0.05) is 18.2 Å². The van der Waals surface area contributed by atoms with Gasteiger partial charge in [-0.15, -0.1) is 0 Å². The molecule has 1 N–H and O–H groups in total. The number of aryl methyl sites for hydroxylation is 1. The SMILES string of the molecule is COc1cccc(NC(=O)CN2C(=O)CCc3cccc(F)c32)c1. The Bertz CT molecular complexity index is 792. The van der Waals surface area contributed by atoms with Gasteiger partial charge in [-0.3, -0.25) is 14.5 Å². The van der Waals surface area contributed by atoms with E-state index in [2.05, 4.69) is 5.32 Å². The highest BCUT2D eigenvalue weighted by atomic mass is 19.1. The molecule has 0 aliphatic carbocycles. The minimum atomic E-state index is -0.491. The Labute approximate surface area is 139 Å². The van der Waals surface area contributed by atoms with Crippen LogP contribution in [0.15, 0.2) is 42.5 Å². The smallest absolute Gasteiger partial charge is 0.244 e. The standard InChI is InChI=1S/C18H17FN2O3/c1-24-14-6-3-5-13(10-14)20-16(22)11-21-17(23)9-8-12-4-2-7-15(19)18(12)21/h2-7,10H,8-9,11H2,1H3,(H,20,22). The summed E-state index contributed by atoms with van der Waals surface area (Å²) < 4.78 is 19.2. The molecule has 24 heavy (non-hydrogen) atoms. The molecule has 2 aromatic rings. The lowest BCUT2D eigenvalue weighted by molar-refractivity contribution is -0.121. The zero-order valence-electron chi connectivity index (χ0n) is 13.2. The first-order valence-electron chi connectivity index (χ1n) is 7.60. The van der Waals surface area contributed by atoms with E-state index in [4.69, 9.17) is 4.74 Å². The highest BCUT2D eigenvalue weighted by Crippen LogP contribution is 2.30.